The minimum absolute atomic E-state index is 0.163. The molecule has 0 fully saturated rings. The number of hydrogen-bond donors (Lipinski definition) is 1. The van der Waals surface area contributed by atoms with Crippen molar-refractivity contribution in [3.05, 3.63) is 69.2 Å². The lowest BCUT2D eigenvalue weighted by Crippen LogP contribution is -2.32. The highest BCUT2D eigenvalue weighted by Gasteiger charge is 2.21. The van der Waals surface area contributed by atoms with Crippen LogP contribution in [0.5, 0.6) is 0 Å². The Balaban J connectivity index is 2.25. The fourth-order valence-corrected chi connectivity index (χ4v) is 3.14. The topological polar surface area (TPSA) is 29.3 Å². The van der Waals surface area contributed by atoms with E-state index in [9.17, 15) is 0 Å². The molecule has 0 amide bonds. The second-order valence-corrected chi connectivity index (χ2v) is 6.56. The molecule has 112 valence electrons. The van der Waals surface area contributed by atoms with Crippen LogP contribution in [0, 0.1) is 0 Å². The first-order valence-electron chi connectivity index (χ1n) is 6.96. The Hall–Kier alpha value is -0.870. The van der Waals surface area contributed by atoms with E-state index in [1.807, 2.05) is 30.3 Å². The number of benzene rings is 2. The van der Waals surface area contributed by atoms with Crippen molar-refractivity contribution in [2.45, 2.75) is 19.0 Å². The summed E-state index contributed by atoms with van der Waals surface area (Å²) in [5.41, 5.74) is 8.42. The van der Waals surface area contributed by atoms with Gasteiger partial charge in [-0.2, -0.15) is 0 Å². The van der Waals surface area contributed by atoms with E-state index in [1.165, 1.54) is 11.1 Å². The molecule has 2 rings (SSSR count). The molecule has 0 heterocycles. The molecule has 0 saturated carbocycles. The Morgan fingerprint density at radius 1 is 1.14 bits per heavy atom. The lowest BCUT2D eigenvalue weighted by Gasteiger charge is -2.33. The molecule has 2 atom stereocenters. The molecule has 0 radical (unpaired) electrons. The lowest BCUT2D eigenvalue weighted by atomic mass is 10.0. The molecule has 2 N–H and O–H groups in total. The molecule has 0 aliphatic heterocycles. The third-order valence-electron chi connectivity index (χ3n) is 3.89. The molecule has 0 bridgehead atoms. The predicted octanol–water partition coefficient (Wildman–Crippen LogP) is 4.80. The van der Waals surface area contributed by atoms with E-state index in [4.69, 9.17) is 17.3 Å². The zero-order valence-electron chi connectivity index (χ0n) is 12.3. The highest BCUT2D eigenvalue weighted by atomic mass is 79.9. The Labute approximate surface area is 140 Å². The summed E-state index contributed by atoms with van der Waals surface area (Å²) in [4.78, 5) is 2.29. The molecule has 0 aliphatic carbocycles. The van der Waals surface area contributed by atoms with Crippen molar-refractivity contribution in [1.29, 1.82) is 0 Å². The van der Waals surface area contributed by atoms with Crippen LogP contribution in [0.15, 0.2) is 53.0 Å². The first kappa shape index (κ1) is 16.5. The van der Waals surface area contributed by atoms with Crippen molar-refractivity contribution in [2.24, 2.45) is 5.73 Å². The normalized spacial score (nSPS) is 14.2. The first-order valence-corrected chi connectivity index (χ1v) is 8.13. The standard InChI is InChI=1S/C17H20BrClN2/c1-12(13-5-4-8-16(19)10-13)21(2)17(11-20)14-6-3-7-15(18)9-14/h3-10,12,17H,11,20H2,1-2H3. The molecular weight excluding hydrogens is 348 g/mol. The third-order valence-corrected chi connectivity index (χ3v) is 4.62. The van der Waals surface area contributed by atoms with Crippen LogP contribution < -0.4 is 5.73 Å². The second-order valence-electron chi connectivity index (χ2n) is 5.20. The monoisotopic (exact) mass is 366 g/mol. The van der Waals surface area contributed by atoms with Crippen molar-refractivity contribution in [2.75, 3.05) is 13.6 Å². The number of nitrogens with two attached hydrogens (primary N) is 1. The highest BCUT2D eigenvalue weighted by Crippen LogP contribution is 2.30. The van der Waals surface area contributed by atoms with E-state index >= 15 is 0 Å². The van der Waals surface area contributed by atoms with Crippen molar-refractivity contribution in [3.8, 4) is 0 Å². The van der Waals surface area contributed by atoms with Crippen LogP contribution in [-0.4, -0.2) is 18.5 Å². The van der Waals surface area contributed by atoms with Gasteiger partial charge in [-0.3, -0.25) is 4.90 Å². The molecule has 2 aromatic rings. The van der Waals surface area contributed by atoms with E-state index in [-0.39, 0.29) is 12.1 Å². The minimum atomic E-state index is 0.163. The molecule has 21 heavy (non-hydrogen) atoms. The number of rotatable bonds is 5. The van der Waals surface area contributed by atoms with E-state index in [1.54, 1.807) is 0 Å². The summed E-state index contributed by atoms with van der Waals surface area (Å²) >= 11 is 9.62. The van der Waals surface area contributed by atoms with Gasteiger partial charge < -0.3 is 5.73 Å². The van der Waals surface area contributed by atoms with Crippen molar-refractivity contribution < 1.29 is 0 Å². The Kier molecular flexibility index (Phi) is 5.82. The largest absolute Gasteiger partial charge is 0.329 e. The number of nitrogens with zero attached hydrogens (tertiary/aromatic N) is 1. The van der Waals surface area contributed by atoms with Gasteiger partial charge in [-0.25, -0.2) is 0 Å². The average molecular weight is 368 g/mol. The van der Waals surface area contributed by atoms with Crippen LogP contribution in [0.3, 0.4) is 0 Å². The summed E-state index contributed by atoms with van der Waals surface area (Å²) < 4.78 is 1.07. The maximum Gasteiger partial charge on any atom is 0.0473 e. The average Bonchev–Trinajstić information content (AvgIpc) is 2.47. The Morgan fingerprint density at radius 2 is 1.81 bits per heavy atom. The number of likely N-dealkylation sites (N-methyl/N-ethyl adjacent to an activating group) is 1. The van der Waals surface area contributed by atoms with Gasteiger partial charge >= 0.3 is 0 Å². The summed E-state index contributed by atoms with van der Waals surface area (Å²) in [5.74, 6) is 0. The smallest absolute Gasteiger partial charge is 0.0473 e. The molecule has 0 spiro atoms. The van der Waals surface area contributed by atoms with Gasteiger partial charge in [0.1, 0.15) is 0 Å². The number of hydrogen-bond acceptors (Lipinski definition) is 2. The van der Waals surface area contributed by atoms with Crippen LogP contribution in [0.25, 0.3) is 0 Å². The predicted molar refractivity (Wildman–Crippen MR) is 93.6 cm³/mol. The van der Waals surface area contributed by atoms with Crippen molar-refractivity contribution in [1.82, 2.24) is 4.90 Å². The fraction of sp³-hybridized carbons (Fsp3) is 0.294. The Morgan fingerprint density at radius 3 is 2.43 bits per heavy atom. The quantitative estimate of drug-likeness (QED) is 0.823. The lowest BCUT2D eigenvalue weighted by molar-refractivity contribution is 0.190. The van der Waals surface area contributed by atoms with Crippen LogP contribution in [-0.2, 0) is 0 Å². The van der Waals surface area contributed by atoms with Crippen LogP contribution in [0.1, 0.15) is 30.1 Å². The molecule has 2 nitrogen and oxygen atoms in total. The molecule has 2 aromatic carbocycles. The van der Waals surface area contributed by atoms with Crippen LogP contribution in [0.2, 0.25) is 5.02 Å². The third kappa shape index (κ3) is 4.07. The molecule has 4 heteroatoms. The zero-order chi connectivity index (χ0) is 15.4. The van der Waals surface area contributed by atoms with Crippen LogP contribution >= 0.6 is 27.5 Å². The van der Waals surface area contributed by atoms with Gasteiger partial charge in [-0.05, 0) is 49.4 Å². The second kappa shape index (κ2) is 7.41. The SMILES string of the molecule is CC(c1cccc(Cl)c1)N(C)C(CN)c1cccc(Br)c1. The summed E-state index contributed by atoms with van der Waals surface area (Å²) in [7, 11) is 2.10. The molecular formula is C17H20BrClN2. The molecule has 2 unspecified atom stereocenters. The van der Waals surface area contributed by atoms with Crippen LogP contribution in [0.4, 0.5) is 0 Å². The van der Waals surface area contributed by atoms with Gasteiger partial charge in [0.2, 0.25) is 0 Å². The zero-order valence-corrected chi connectivity index (χ0v) is 14.6. The Bertz CT molecular complexity index is 603. The maximum atomic E-state index is 6.10. The molecule has 0 aliphatic rings. The van der Waals surface area contributed by atoms with Gasteiger partial charge in [0.25, 0.3) is 0 Å². The summed E-state index contributed by atoms with van der Waals surface area (Å²) in [5, 5.41) is 0.763. The maximum absolute atomic E-state index is 6.10. The minimum Gasteiger partial charge on any atom is -0.329 e. The van der Waals surface area contributed by atoms with Gasteiger partial charge in [-0.15, -0.1) is 0 Å². The highest BCUT2D eigenvalue weighted by molar-refractivity contribution is 9.10. The molecule has 0 aromatic heterocycles. The number of halogens is 2. The molecule has 0 saturated heterocycles. The van der Waals surface area contributed by atoms with Gasteiger partial charge in [0, 0.05) is 28.1 Å². The summed E-state index contributed by atoms with van der Waals surface area (Å²) in [6, 6.07) is 16.7. The van der Waals surface area contributed by atoms with Crippen molar-refractivity contribution >= 4 is 27.5 Å². The van der Waals surface area contributed by atoms with E-state index in [0.717, 1.165) is 9.50 Å². The van der Waals surface area contributed by atoms with E-state index in [0.29, 0.717) is 6.54 Å². The summed E-state index contributed by atoms with van der Waals surface area (Å²) in [6.07, 6.45) is 0. The summed E-state index contributed by atoms with van der Waals surface area (Å²) in [6.45, 7) is 2.74. The first-order chi connectivity index (χ1) is 10.0. The van der Waals surface area contributed by atoms with E-state index in [2.05, 4.69) is 53.0 Å². The van der Waals surface area contributed by atoms with E-state index < -0.39 is 0 Å². The fourth-order valence-electron chi connectivity index (χ4n) is 2.52. The van der Waals surface area contributed by atoms with Gasteiger partial charge in [0.05, 0.1) is 0 Å². The van der Waals surface area contributed by atoms with Gasteiger partial charge in [0.15, 0.2) is 0 Å². The van der Waals surface area contributed by atoms with Gasteiger partial charge in [-0.1, -0.05) is 51.8 Å². The van der Waals surface area contributed by atoms with Crippen molar-refractivity contribution in [3.63, 3.8) is 0 Å².